The van der Waals surface area contributed by atoms with Gasteiger partial charge in [0.15, 0.2) is 0 Å². The standard InChI is InChI=1S/C22H19ClF2N4O/c1-2-12-9-10-26-22(28-12)29-19-8-5-14-15(4-7-18(25)20(14)19)21(30)27-13-3-6-17(24)16(23)11-13/h3-4,6-7,9-11,19H,2,5,8H2,1H3,(H,27,30)(H,26,28,29). The summed E-state index contributed by atoms with van der Waals surface area (Å²) in [6, 6.07) is 8.18. The summed E-state index contributed by atoms with van der Waals surface area (Å²) in [6.07, 6.45) is 3.58. The Labute approximate surface area is 177 Å². The van der Waals surface area contributed by atoms with E-state index in [1.54, 1.807) is 6.20 Å². The van der Waals surface area contributed by atoms with Crippen molar-refractivity contribution >= 4 is 29.1 Å². The molecule has 8 heteroatoms. The molecule has 1 unspecified atom stereocenters. The third-order valence-corrected chi connectivity index (χ3v) is 5.43. The van der Waals surface area contributed by atoms with Gasteiger partial charge in [-0.15, -0.1) is 0 Å². The minimum absolute atomic E-state index is 0.0873. The minimum atomic E-state index is -0.569. The van der Waals surface area contributed by atoms with Crippen molar-refractivity contribution in [2.24, 2.45) is 0 Å². The van der Waals surface area contributed by atoms with Gasteiger partial charge >= 0.3 is 0 Å². The van der Waals surface area contributed by atoms with E-state index in [1.165, 1.54) is 30.3 Å². The number of amides is 1. The molecule has 0 fully saturated rings. The number of hydrogen-bond donors (Lipinski definition) is 2. The van der Waals surface area contributed by atoms with E-state index in [0.29, 0.717) is 41.2 Å². The molecule has 0 spiro atoms. The second-order valence-electron chi connectivity index (χ2n) is 7.03. The van der Waals surface area contributed by atoms with E-state index < -0.39 is 11.7 Å². The first kappa shape index (κ1) is 20.2. The molecule has 0 saturated heterocycles. The van der Waals surface area contributed by atoms with Crippen molar-refractivity contribution in [3.63, 3.8) is 0 Å². The number of fused-ring (bicyclic) bond motifs is 1. The van der Waals surface area contributed by atoms with Crippen molar-refractivity contribution in [3.8, 4) is 0 Å². The summed E-state index contributed by atoms with van der Waals surface area (Å²) >= 11 is 5.78. The van der Waals surface area contributed by atoms with Gasteiger partial charge in [-0.2, -0.15) is 0 Å². The van der Waals surface area contributed by atoms with Gasteiger partial charge < -0.3 is 10.6 Å². The number of nitrogens with one attached hydrogen (secondary N) is 2. The molecule has 1 atom stereocenters. The lowest BCUT2D eigenvalue weighted by Gasteiger charge is -2.16. The number of halogens is 3. The molecule has 4 rings (SSSR count). The number of nitrogens with zero attached hydrogens (tertiary/aromatic N) is 2. The second kappa shape index (κ2) is 8.36. The first-order chi connectivity index (χ1) is 14.5. The van der Waals surface area contributed by atoms with Crippen LogP contribution in [-0.2, 0) is 12.8 Å². The minimum Gasteiger partial charge on any atom is -0.347 e. The van der Waals surface area contributed by atoms with E-state index in [2.05, 4.69) is 20.6 Å². The monoisotopic (exact) mass is 428 g/mol. The van der Waals surface area contributed by atoms with Gasteiger partial charge in [-0.1, -0.05) is 18.5 Å². The van der Waals surface area contributed by atoms with Crippen LogP contribution in [0, 0.1) is 11.6 Å². The molecule has 1 amide bonds. The fourth-order valence-electron chi connectivity index (χ4n) is 3.66. The Morgan fingerprint density at radius 3 is 2.77 bits per heavy atom. The van der Waals surface area contributed by atoms with Gasteiger partial charge in [0, 0.05) is 28.7 Å². The topological polar surface area (TPSA) is 66.9 Å². The molecule has 30 heavy (non-hydrogen) atoms. The number of aryl methyl sites for hydroxylation is 1. The quantitative estimate of drug-likeness (QED) is 0.577. The van der Waals surface area contributed by atoms with Crippen molar-refractivity contribution in [2.45, 2.75) is 32.2 Å². The van der Waals surface area contributed by atoms with Crippen LogP contribution in [0.15, 0.2) is 42.6 Å². The molecule has 0 bridgehead atoms. The molecule has 2 N–H and O–H groups in total. The Morgan fingerprint density at radius 1 is 1.20 bits per heavy atom. The molecule has 3 aromatic rings. The molecule has 1 aliphatic rings. The maximum atomic E-state index is 14.7. The van der Waals surface area contributed by atoms with Crippen molar-refractivity contribution in [2.75, 3.05) is 10.6 Å². The van der Waals surface area contributed by atoms with Crippen molar-refractivity contribution in [1.29, 1.82) is 0 Å². The highest BCUT2D eigenvalue weighted by molar-refractivity contribution is 6.31. The summed E-state index contributed by atoms with van der Waals surface area (Å²) in [7, 11) is 0. The number of rotatable bonds is 5. The van der Waals surface area contributed by atoms with Gasteiger partial charge in [0.05, 0.1) is 11.1 Å². The molecular weight excluding hydrogens is 410 g/mol. The van der Waals surface area contributed by atoms with Gasteiger partial charge in [-0.3, -0.25) is 4.79 Å². The van der Waals surface area contributed by atoms with Gasteiger partial charge in [0.2, 0.25) is 5.95 Å². The number of benzene rings is 2. The highest BCUT2D eigenvalue weighted by atomic mass is 35.5. The fourth-order valence-corrected chi connectivity index (χ4v) is 3.84. The van der Waals surface area contributed by atoms with Crippen molar-refractivity contribution < 1.29 is 13.6 Å². The van der Waals surface area contributed by atoms with Gasteiger partial charge in [0.25, 0.3) is 5.91 Å². The highest BCUT2D eigenvalue weighted by Crippen LogP contribution is 2.37. The van der Waals surface area contributed by atoms with Crippen LogP contribution in [0.2, 0.25) is 5.02 Å². The van der Waals surface area contributed by atoms with Crippen LogP contribution < -0.4 is 10.6 Å². The Hall–Kier alpha value is -3.06. The first-order valence-electron chi connectivity index (χ1n) is 9.62. The van der Waals surface area contributed by atoms with Gasteiger partial charge in [-0.25, -0.2) is 18.7 Å². The molecule has 0 aliphatic heterocycles. The van der Waals surface area contributed by atoms with E-state index in [4.69, 9.17) is 11.6 Å². The van der Waals surface area contributed by atoms with Crippen LogP contribution in [0.3, 0.4) is 0 Å². The summed E-state index contributed by atoms with van der Waals surface area (Å²) in [6.45, 7) is 2.00. The molecule has 5 nitrogen and oxygen atoms in total. The summed E-state index contributed by atoms with van der Waals surface area (Å²) < 4.78 is 28.0. The average Bonchev–Trinajstić information content (AvgIpc) is 3.15. The highest BCUT2D eigenvalue weighted by Gasteiger charge is 2.30. The Morgan fingerprint density at radius 2 is 2.00 bits per heavy atom. The number of carbonyl (C=O) groups excluding carboxylic acids is 1. The zero-order valence-electron chi connectivity index (χ0n) is 16.2. The van der Waals surface area contributed by atoms with E-state index in [0.717, 1.165) is 12.1 Å². The van der Waals surface area contributed by atoms with Crippen molar-refractivity contribution in [3.05, 3.63) is 81.6 Å². The van der Waals surface area contributed by atoms with Crippen LogP contribution in [-0.4, -0.2) is 15.9 Å². The van der Waals surface area contributed by atoms with Crippen LogP contribution in [0.1, 0.15) is 46.6 Å². The van der Waals surface area contributed by atoms with E-state index >= 15 is 0 Å². The second-order valence-corrected chi connectivity index (χ2v) is 7.44. The van der Waals surface area contributed by atoms with E-state index in [-0.39, 0.29) is 16.9 Å². The molecular formula is C22H19ClF2N4O. The lowest BCUT2D eigenvalue weighted by Crippen LogP contribution is -2.16. The zero-order valence-corrected chi connectivity index (χ0v) is 16.9. The van der Waals surface area contributed by atoms with Gasteiger partial charge in [0.1, 0.15) is 11.6 Å². The molecule has 0 saturated carbocycles. The summed E-state index contributed by atoms with van der Waals surface area (Å²) in [4.78, 5) is 21.4. The van der Waals surface area contributed by atoms with Crippen LogP contribution in [0.25, 0.3) is 0 Å². The van der Waals surface area contributed by atoms with Crippen LogP contribution in [0.5, 0.6) is 0 Å². The molecule has 154 valence electrons. The molecule has 1 aromatic heterocycles. The van der Waals surface area contributed by atoms with E-state index in [1.807, 2.05) is 13.0 Å². The molecule has 1 aliphatic carbocycles. The maximum absolute atomic E-state index is 14.7. The smallest absolute Gasteiger partial charge is 0.255 e. The Kier molecular flexibility index (Phi) is 5.63. The lowest BCUT2D eigenvalue weighted by molar-refractivity contribution is 0.102. The SMILES string of the molecule is CCc1ccnc(NC2CCc3c(C(=O)Nc4ccc(F)c(Cl)c4)ccc(F)c32)n1. The maximum Gasteiger partial charge on any atom is 0.255 e. The molecule has 2 aromatic carbocycles. The lowest BCUT2D eigenvalue weighted by atomic mass is 10.0. The predicted octanol–water partition coefficient (Wildman–Crippen LogP) is 5.32. The molecule has 1 heterocycles. The number of hydrogen-bond acceptors (Lipinski definition) is 4. The Balaban J connectivity index is 1.60. The Bertz CT molecular complexity index is 1120. The summed E-state index contributed by atoms with van der Waals surface area (Å²) in [5.41, 5.74) is 2.72. The summed E-state index contributed by atoms with van der Waals surface area (Å²) in [5, 5.41) is 5.80. The predicted molar refractivity (Wildman–Crippen MR) is 112 cm³/mol. The first-order valence-corrected chi connectivity index (χ1v) is 10.00. The third kappa shape index (κ3) is 3.98. The molecule has 0 radical (unpaired) electrons. The zero-order chi connectivity index (χ0) is 21.3. The number of anilines is 2. The fraction of sp³-hybridized carbons (Fsp3) is 0.227. The van der Waals surface area contributed by atoms with Crippen molar-refractivity contribution in [1.82, 2.24) is 9.97 Å². The average molecular weight is 429 g/mol. The van der Waals surface area contributed by atoms with Crippen LogP contribution in [0.4, 0.5) is 20.4 Å². The number of carbonyl (C=O) groups is 1. The summed E-state index contributed by atoms with van der Waals surface area (Å²) in [5.74, 6) is -0.921. The van der Waals surface area contributed by atoms with E-state index in [9.17, 15) is 13.6 Å². The normalized spacial score (nSPS) is 15.0. The third-order valence-electron chi connectivity index (χ3n) is 5.14. The van der Waals surface area contributed by atoms with Crippen LogP contribution >= 0.6 is 11.6 Å². The van der Waals surface area contributed by atoms with Gasteiger partial charge in [-0.05, 0) is 61.2 Å². The largest absolute Gasteiger partial charge is 0.347 e. The number of aromatic nitrogens is 2.